The number of carbonyl (C=O) groups excluding carboxylic acids is 2. The van der Waals surface area contributed by atoms with Gasteiger partial charge in [-0.3, -0.25) is 9.59 Å². The first-order chi connectivity index (χ1) is 13.1. The van der Waals surface area contributed by atoms with Crippen molar-refractivity contribution in [2.75, 3.05) is 10.6 Å². The fourth-order valence-electron chi connectivity index (χ4n) is 2.46. The number of rotatable bonds is 6. The second-order valence-electron chi connectivity index (χ2n) is 5.84. The van der Waals surface area contributed by atoms with Crippen LogP contribution in [0.2, 0.25) is 0 Å². The van der Waals surface area contributed by atoms with Crippen LogP contribution in [0.25, 0.3) is 0 Å². The molecule has 0 aliphatic heterocycles. The molecule has 0 unspecified atom stereocenters. The van der Waals surface area contributed by atoms with Gasteiger partial charge in [-0.15, -0.1) is 0 Å². The highest BCUT2D eigenvalue weighted by molar-refractivity contribution is 6.05. The number of hydrogen-bond acceptors (Lipinski definition) is 4. The Hall–Kier alpha value is -3.67. The lowest BCUT2D eigenvalue weighted by Gasteiger charge is -2.12. The van der Waals surface area contributed by atoms with E-state index in [9.17, 15) is 9.59 Å². The Morgan fingerprint density at radius 3 is 2.56 bits per heavy atom. The Morgan fingerprint density at radius 2 is 1.78 bits per heavy atom. The summed E-state index contributed by atoms with van der Waals surface area (Å²) in [6.07, 6.45) is 1.58. The van der Waals surface area contributed by atoms with E-state index in [2.05, 4.69) is 15.6 Å². The van der Waals surface area contributed by atoms with E-state index >= 15 is 0 Å². The molecule has 0 saturated heterocycles. The normalized spacial score (nSPS) is 10.1. The second-order valence-corrected chi connectivity index (χ2v) is 5.84. The summed E-state index contributed by atoms with van der Waals surface area (Å²) in [4.78, 5) is 27.9. The number of hydrogen-bond donors (Lipinski definition) is 2. The van der Waals surface area contributed by atoms with Crippen LogP contribution in [0.4, 0.5) is 11.5 Å². The monoisotopic (exact) mass is 361 g/mol. The summed E-state index contributed by atoms with van der Waals surface area (Å²) in [6, 6.07) is 19.9. The molecule has 0 aliphatic rings. The first-order valence-electron chi connectivity index (χ1n) is 8.42. The van der Waals surface area contributed by atoms with Crippen LogP contribution in [-0.2, 0) is 11.4 Å². The van der Waals surface area contributed by atoms with Crippen LogP contribution in [0.1, 0.15) is 22.8 Å². The Bertz CT molecular complexity index is 942. The maximum absolute atomic E-state index is 12.6. The van der Waals surface area contributed by atoms with Gasteiger partial charge in [0.15, 0.2) is 11.6 Å². The molecule has 0 spiro atoms. The number of nitrogens with one attached hydrogen (secondary N) is 2. The zero-order valence-electron chi connectivity index (χ0n) is 14.8. The highest BCUT2D eigenvalue weighted by atomic mass is 16.5. The van der Waals surface area contributed by atoms with Crippen molar-refractivity contribution < 1.29 is 14.3 Å². The fourth-order valence-corrected chi connectivity index (χ4v) is 2.46. The maximum atomic E-state index is 12.6. The van der Waals surface area contributed by atoms with Gasteiger partial charge in [0.05, 0.1) is 0 Å². The summed E-state index contributed by atoms with van der Waals surface area (Å²) < 4.78 is 5.80. The van der Waals surface area contributed by atoms with Crippen LogP contribution >= 0.6 is 0 Å². The molecule has 3 aromatic rings. The second kappa shape index (κ2) is 8.62. The van der Waals surface area contributed by atoms with Crippen molar-refractivity contribution in [3.8, 4) is 5.75 Å². The topological polar surface area (TPSA) is 80.3 Å². The van der Waals surface area contributed by atoms with Crippen molar-refractivity contribution >= 4 is 23.3 Å². The molecule has 2 N–H and O–H groups in total. The third-order valence-electron chi connectivity index (χ3n) is 3.68. The lowest BCUT2D eigenvalue weighted by molar-refractivity contribution is -0.114. The standard InChI is InChI=1S/C21H19N3O3/c1-15(25)23-18-10-5-9-17(13-18)21(26)24-20-19(11-6-12-22-20)27-14-16-7-3-2-4-8-16/h2-13H,14H2,1H3,(H,23,25)(H,22,24,26). The number of amides is 2. The molecular formula is C21H19N3O3. The van der Waals surface area contributed by atoms with E-state index in [-0.39, 0.29) is 11.8 Å². The third-order valence-corrected chi connectivity index (χ3v) is 3.68. The molecule has 2 aromatic carbocycles. The fraction of sp³-hybridized carbons (Fsp3) is 0.0952. The minimum atomic E-state index is -0.342. The van der Waals surface area contributed by atoms with Crippen molar-refractivity contribution in [1.29, 1.82) is 0 Å². The highest BCUT2D eigenvalue weighted by Gasteiger charge is 2.12. The molecule has 3 rings (SSSR count). The van der Waals surface area contributed by atoms with E-state index in [0.29, 0.717) is 29.4 Å². The molecule has 2 amide bonds. The summed E-state index contributed by atoms with van der Waals surface area (Å²) in [5, 5.41) is 5.41. The van der Waals surface area contributed by atoms with Gasteiger partial charge in [-0.25, -0.2) is 4.98 Å². The number of carbonyl (C=O) groups is 2. The number of ether oxygens (including phenoxy) is 1. The van der Waals surface area contributed by atoms with Crippen LogP contribution < -0.4 is 15.4 Å². The van der Waals surface area contributed by atoms with Gasteiger partial charge in [-0.2, -0.15) is 0 Å². The molecule has 0 radical (unpaired) electrons. The molecule has 1 aromatic heterocycles. The van der Waals surface area contributed by atoms with Crippen LogP contribution in [0.5, 0.6) is 5.75 Å². The van der Waals surface area contributed by atoms with Gasteiger partial charge in [-0.1, -0.05) is 36.4 Å². The van der Waals surface area contributed by atoms with Crippen molar-refractivity contribution in [3.63, 3.8) is 0 Å². The van der Waals surface area contributed by atoms with Gasteiger partial charge < -0.3 is 15.4 Å². The highest BCUT2D eigenvalue weighted by Crippen LogP contribution is 2.23. The Labute approximate surface area is 157 Å². The minimum absolute atomic E-state index is 0.200. The molecular weight excluding hydrogens is 342 g/mol. The van der Waals surface area contributed by atoms with Gasteiger partial charge in [0, 0.05) is 24.4 Å². The van der Waals surface area contributed by atoms with Gasteiger partial charge in [0.1, 0.15) is 6.61 Å². The predicted molar refractivity (Wildman–Crippen MR) is 104 cm³/mol. The molecule has 0 atom stereocenters. The number of pyridine rings is 1. The van der Waals surface area contributed by atoms with Crippen LogP contribution in [0, 0.1) is 0 Å². The van der Waals surface area contributed by atoms with Crippen LogP contribution in [-0.4, -0.2) is 16.8 Å². The van der Waals surface area contributed by atoms with E-state index in [1.165, 1.54) is 6.92 Å². The molecule has 6 nitrogen and oxygen atoms in total. The Balaban J connectivity index is 1.72. The van der Waals surface area contributed by atoms with Gasteiger partial charge in [0.2, 0.25) is 5.91 Å². The van der Waals surface area contributed by atoms with Crippen molar-refractivity contribution in [3.05, 3.63) is 84.1 Å². The molecule has 0 saturated carbocycles. The lowest BCUT2D eigenvalue weighted by atomic mass is 10.2. The van der Waals surface area contributed by atoms with E-state index in [1.807, 2.05) is 30.3 Å². The first-order valence-corrected chi connectivity index (χ1v) is 8.42. The van der Waals surface area contributed by atoms with Gasteiger partial charge in [-0.05, 0) is 35.9 Å². The van der Waals surface area contributed by atoms with E-state index in [1.54, 1.807) is 42.6 Å². The van der Waals surface area contributed by atoms with Crippen LogP contribution in [0.15, 0.2) is 72.9 Å². The molecule has 0 aliphatic carbocycles. The Kier molecular flexibility index (Phi) is 5.79. The number of anilines is 2. The number of nitrogens with zero attached hydrogens (tertiary/aromatic N) is 1. The van der Waals surface area contributed by atoms with Crippen molar-refractivity contribution in [2.45, 2.75) is 13.5 Å². The zero-order chi connectivity index (χ0) is 19.1. The molecule has 27 heavy (non-hydrogen) atoms. The molecule has 0 fully saturated rings. The summed E-state index contributed by atoms with van der Waals surface area (Å²) in [5.74, 6) is 0.274. The average molecular weight is 361 g/mol. The van der Waals surface area contributed by atoms with Gasteiger partial charge >= 0.3 is 0 Å². The lowest BCUT2D eigenvalue weighted by Crippen LogP contribution is -2.15. The number of benzene rings is 2. The minimum Gasteiger partial charge on any atom is -0.485 e. The smallest absolute Gasteiger partial charge is 0.256 e. The predicted octanol–water partition coefficient (Wildman–Crippen LogP) is 3.87. The zero-order valence-corrected chi connectivity index (χ0v) is 14.8. The van der Waals surface area contributed by atoms with Crippen molar-refractivity contribution in [2.24, 2.45) is 0 Å². The van der Waals surface area contributed by atoms with E-state index < -0.39 is 0 Å². The van der Waals surface area contributed by atoms with Crippen molar-refractivity contribution in [1.82, 2.24) is 4.98 Å². The largest absolute Gasteiger partial charge is 0.485 e. The van der Waals surface area contributed by atoms with E-state index in [4.69, 9.17) is 4.74 Å². The Morgan fingerprint density at radius 1 is 0.963 bits per heavy atom. The quantitative estimate of drug-likeness (QED) is 0.698. The average Bonchev–Trinajstić information content (AvgIpc) is 2.68. The molecule has 1 heterocycles. The summed E-state index contributed by atoms with van der Waals surface area (Å²) >= 11 is 0. The van der Waals surface area contributed by atoms with Gasteiger partial charge in [0.25, 0.3) is 5.91 Å². The third kappa shape index (κ3) is 5.15. The maximum Gasteiger partial charge on any atom is 0.256 e. The summed E-state index contributed by atoms with van der Waals surface area (Å²) in [5.41, 5.74) is 1.97. The summed E-state index contributed by atoms with van der Waals surface area (Å²) in [7, 11) is 0. The SMILES string of the molecule is CC(=O)Nc1cccc(C(=O)Nc2ncccc2OCc2ccccc2)c1. The molecule has 136 valence electrons. The number of aromatic nitrogens is 1. The summed E-state index contributed by atoms with van der Waals surface area (Å²) in [6.45, 7) is 1.78. The first kappa shape index (κ1) is 18.1. The van der Waals surface area contributed by atoms with E-state index in [0.717, 1.165) is 5.56 Å². The van der Waals surface area contributed by atoms with Crippen LogP contribution in [0.3, 0.4) is 0 Å². The molecule has 6 heteroatoms. The molecule has 0 bridgehead atoms.